The van der Waals surface area contributed by atoms with Gasteiger partial charge in [0.25, 0.3) is 0 Å². The molecule has 0 saturated carbocycles. The molecule has 2 N–H and O–H groups in total. The summed E-state index contributed by atoms with van der Waals surface area (Å²) in [5, 5.41) is 6.95. The van der Waals surface area contributed by atoms with Gasteiger partial charge in [-0.2, -0.15) is 0 Å². The molecular weight excluding hydrogens is 348 g/mol. The summed E-state index contributed by atoms with van der Waals surface area (Å²) in [6, 6.07) is 4.67. The lowest BCUT2D eigenvalue weighted by Crippen LogP contribution is -2.46. The van der Waals surface area contributed by atoms with E-state index in [1.54, 1.807) is 0 Å². The summed E-state index contributed by atoms with van der Waals surface area (Å²) in [5.41, 5.74) is 1.59. The number of rotatable bonds is 7. The second kappa shape index (κ2) is 10.6. The van der Waals surface area contributed by atoms with Gasteiger partial charge in [0.1, 0.15) is 5.82 Å². The van der Waals surface area contributed by atoms with Crippen LogP contribution in [0.25, 0.3) is 0 Å². The normalized spacial score (nSPS) is 17.5. The third-order valence-corrected chi connectivity index (χ3v) is 5.35. The molecule has 6 nitrogen and oxygen atoms in total. The van der Waals surface area contributed by atoms with Crippen molar-refractivity contribution >= 4 is 11.8 Å². The van der Waals surface area contributed by atoms with Gasteiger partial charge in [-0.1, -0.05) is 27.7 Å². The van der Waals surface area contributed by atoms with E-state index in [-0.39, 0.29) is 0 Å². The SMILES string of the molecule is CCN1CCN(c2cc(CNC(=NC)NC(C)CCC(C)(C)C)ccn2)CC1. The van der Waals surface area contributed by atoms with E-state index >= 15 is 0 Å². The molecule has 0 spiro atoms. The third kappa shape index (κ3) is 7.66. The molecule has 1 fully saturated rings. The number of nitrogens with zero attached hydrogens (tertiary/aromatic N) is 4. The van der Waals surface area contributed by atoms with E-state index in [0.717, 1.165) is 57.5 Å². The zero-order valence-corrected chi connectivity index (χ0v) is 18.8. The van der Waals surface area contributed by atoms with Gasteiger partial charge in [0.05, 0.1) is 0 Å². The topological polar surface area (TPSA) is 55.8 Å². The van der Waals surface area contributed by atoms with Crippen LogP contribution in [0.15, 0.2) is 23.3 Å². The largest absolute Gasteiger partial charge is 0.354 e. The number of pyridine rings is 1. The van der Waals surface area contributed by atoms with Gasteiger partial charge < -0.3 is 20.4 Å². The molecule has 158 valence electrons. The average Bonchev–Trinajstić information content (AvgIpc) is 2.69. The monoisotopic (exact) mass is 388 g/mol. The van der Waals surface area contributed by atoms with Crippen LogP contribution in [0, 0.1) is 5.41 Å². The fourth-order valence-electron chi connectivity index (χ4n) is 3.37. The van der Waals surface area contributed by atoms with Crippen LogP contribution in [0.2, 0.25) is 0 Å². The first-order chi connectivity index (χ1) is 13.3. The highest BCUT2D eigenvalue weighted by molar-refractivity contribution is 5.79. The van der Waals surface area contributed by atoms with Crippen LogP contribution in [-0.4, -0.2) is 61.7 Å². The molecule has 0 amide bonds. The van der Waals surface area contributed by atoms with Gasteiger partial charge in [0, 0.05) is 52.0 Å². The highest BCUT2D eigenvalue weighted by Crippen LogP contribution is 2.21. The Balaban J connectivity index is 1.84. The first kappa shape index (κ1) is 22.5. The van der Waals surface area contributed by atoms with Gasteiger partial charge in [-0.25, -0.2) is 4.98 Å². The van der Waals surface area contributed by atoms with Gasteiger partial charge in [-0.3, -0.25) is 4.99 Å². The molecule has 1 saturated heterocycles. The quantitative estimate of drug-likeness (QED) is 0.555. The number of aliphatic imine (C=N–C) groups is 1. The maximum absolute atomic E-state index is 4.59. The molecule has 1 unspecified atom stereocenters. The van der Waals surface area contributed by atoms with Gasteiger partial charge in [-0.05, 0) is 49.4 Å². The number of anilines is 1. The van der Waals surface area contributed by atoms with Crippen molar-refractivity contribution in [2.45, 2.75) is 60.0 Å². The fraction of sp³-hybridized carbons (Fsp3) is 0.727. The van der Waals surface area contributed by atoms with E-state index < -0.39 is 0 Å². The van der Waals surface area contributed by atoms with E-state index in [0.29, 0.717) is 11.5 Å². The first-order valence-corrected chi connectivity index (χ1v) is 10.7. The highest BCUT2D eigenvalue weighted by Gasteiger charge is 2.17. The first-order valence-electron chi connectivity index (χ1n) is 10.7. The molecule has 0 aliphatic carbocycles. The number of guanidine groups is 1. The Labute approximate surface area is 171 Å². The van der Waals surface area contributed by atoms with Crippen molar-refractivity contribution in [3.05, 3.63) is 23.9 Å². The van der Waals surface area contributed by atoms with Crippen molar-refractivity contribution in [1.29, 1.82) is 0 Å². The summed E-state index contributed by atoms with van der Waals surface area (Å²) < 4.78 is 0. The summed E-state index contributed by atoms with van der Waals surface area (Å²) in [6.07, 6.45) is 4.24. The second-order valence-electron chi connectivity index (χ2n) is 9.01. The van der Waals surface area contributed by atoms with Gasteiger partial charge in [0.2, 0.25) is 0 Å². The van der Waals surface area contributed by atoms with E-state index in [4.69, 9.17) is 0 Å². The molecule has 0 radical (unpaired) electrons. The van der Waals surface area contributed by atoms with E-state index in [9.17, 15) is 0 Å². The Kier molecular flexibility index (Phi) is 8.55. The highest BCUT2D eigenvalue weighted by atomic mass is 15.3. The van der Waals surface area contributed by atoms with Crippen molar-refractivity contribution in [3.63, 3.8) is 0 Å². The molecule has 0 aromatic carbocycles. The lowest BCUT2D eigenvalue weighted by atomic mass is 9.89. The van der Waals surface area contributed by atoms with Gasteiger partial charge in [0.15, 0.2) is 5.96 Å². The minimum absolute atomic E-state index is 0.364. The van der Waals surface area contributed by atoms with Crippen molar-refractivity contribution in [1.82, 2.24) is 20.5 Å². The molecule has 1 atom stereocenters. The molecule has 28 heavy (non-hydrogen) atoms. The summed E-state index contributed by atoms with van der Waals surface area (Å²) >= 11 is 0. The predicted octanol–water partition coefficient (Wildman–Crippen LogP) is 3.10. The van der Waals surface area contributed by atoms with Crippen LogP contribution < -0.4 is 15.5 Å². The molecular formula is C22H40N6. The van der Waals surface area contributed by atoms with E-state index in [1.165, 1.54) is 12.0 Å². The summed E-state index contributed by atoms with van der Waals surface area (Å²) in [6.45, 7) is 17.5. The van der Waals surface area contributed by atoms with Gasteiger partial charge in [-0.15, -0.1) is 0 Å². The lowest BCUT2D eigenvalue weighted by Gasteiger charge is -2.34. The average molecular weight is 389 g/mol. The second-order valence-corrected chi connectivity index (χ2v) is 9.01. The number of aromatic nitrogens is 1. The fourth-order valence-corrected chi connectivity index (χ4v) is 3.37. The summed E-state index contributed by atoms with van der Waals surface area (Å²) in [7, 11) is 1.83. The van der Waals surface area contributed by atoms with Crippen LogP contribution in [0.4, 0.5) is 5.82 Å². The Bertz CT molecular complexity index is 614. The van der Waals surface area contributed by atoms with Crippen LogP contribution in [0.3, 0.4) is 0 Å². The number of hydrogen-bond acceptors (Lipinski definition) is 4. The van der Waals surface area contributed by atoms with Crippen molar-refractivity contribution in [2.24, 2.45) is 10.4 Å². The van der Waals surface area contributed by atoms with Crippen LogP contribution >= 0.6 is 0 Å². The third-order valence-electron chi connectivity index (χ3n) is 5.35. The molecule has 1 aromatic heterocycles. The smallest absolute Gasteiger partial charge is 0.191 e. The van der Waals surface area contributed by atoms with E-state index in [2.05, 4.69) is 77.2 Å². The predicted molar refractivity (Wildman–Crippen MR) is 120 cm³/mol. The number of likely N-dealkylation sites (N-methyl/N-ethyl adjacent to an activating group) is 1. The van der Waals surface area contributed by atoms with Crippen LogP contribution in [0.1, 0.15) is 53.0 Å². The molecule has 1 aliphatic rings. The van der Waals surface area contributed by atoms with Crippen molar-refractivity contribution in [2.75, 3.05) is 44.7 Å². The molecule has 0 bridgehead atoms. The summed E-state index contributed by atoms with van der Waals surface area (Å²) in [4.78, 5) is 13.8. The standard InChI is InChI=1S/C22H40N6/c1-7-27-12-14-28(15-13-27)20-16-19(9-11-24-20)17-25-21(23-6)26-18(2)8-10-22(3,4)5/h9,11,16,18H,7-8,10,12-15,17H2,1-6H3,(H2,23,25,26). The Morgan fingerprint density at radius 1 is 1.25 bits per heavy atom. The maximum Gasteiger partial charge on any atom is 0.191 e. The molecule has 2 heterocycles. The number of piperazine rings is 1. The van der Waals surface area contributed by atoms with Crippen LogP contribution in [-0.2, 0) is 6.54 Å². The van der Waals surface area contributed by atoms with Crippen molar-refractivity contribution in [3.8, 4) is 0 Å². The van der Waals surface area contributed by atoms with E-state index in [1.807, 2.05) is 13.2 Å². The summed E-state index contributed by atoms with van der Waals surface area (Å²) in [5.74, 6) is 1.94. The number of nitrogens with one attached hydrogen (secondary N) is 2. The van der Waals surface area contributed by atoms with Gasteiger partial charge >= 0.3 is 0 Å². The Morgan fingerprint density at radius 3 is 2.57 bits per heavy atom. The maximum atomic E-state index is 4.59. The Hall–Kier alpha value is -1.82. The van der Waals surface area contributed by atoms with Crippen molar-refractivity contribution < 1.29 is 0 Å². The minimum Gasteiger partial charge on any atom is -0.354 e. The lowest BCUT2D eigenvalue weighted by molar-refractivity contribution is 0.270. The number of hydrogen-bond donors (Lipinski definition) is 2. The Morgan fingerprint density at radius 2 is 1.96 bits per heavy atom. The zero-order valence-electron chi connectivity index (χ0n) is 18.8. The molecule has 1 aromatic rings. The molecule has 1 aliphatic heterocycles. The molecule has 6 heteroatoms. The molecule has 2 rings (SSSR count). The zero-order chi connectivity index (χ0) is 20.6. The van der Waals surface area contributed by atoms with Crippen LogP contribution in [0.5, 0.6) is 0 Å². The minimum atomic E-state index is 0.364.